The monoisotopic (exact) mass is 956 g/mol. The first-order chi connectivity index (χ1) is 30.6. The summed E-state index contributed by atoms with van der Waals surface area (Å²) in [6.07, 6.45) is 0.479. The normalized spacial score (nSPS) is 21.8. The summed E-state index contributed by atoms with van der Waals surface area (Å²) in [6, 6.07) is 10.3. The topological polar surface area (TPSA) is 221 Å². The van der Waals surface area contributed by atoms with Crippen molar-refractivity contribution in [1.29, 1.82) is 5.26 Å². The first-order valence-electron chi connectivity index (χ1n) is 21.9. The van der Waals surface area contributed by atoms with Crippen LogP contribution in [0, 0.1) is 25.2 Å². The highest BCUT2D eigenvalue weighted by atomic mass is 32.2. The summed E-state index contributed by atoms with van der Waals surface area (Å²) in [4.78, 5) is 71.9. The molecule has 3 aromatic rings. The van der Waals surface area contributed by atoms with Crippen LogP contribution < -0.4 is 27.6 Å². The summed E-state index contributed by atoms with van der Waals surface area (Å²) in [6.45, 7) is 22.6. The third-order valence-corrected chi connectivity index (χ3v) is 19.4. The lowest BCUT2D eigenvalue weighted by Gasteiger charge is -2.37. The van der Waals surface area contributed by atoms with E-state index in [-0.39, 0.29) is 67.1 Å². The number of rotatable bonds is 20. The van der Waals surface area contributed by atoms with Crippen LogP contribution in [0.4, 0.5) is 5.82 Å². The Labute approximate surface area is 387 Å². The summed E-state index contributed by atoms with van der Waals surface area (Å²) in [7, 11) is -3.91. The van der Waals surface area contributed by atoms with Crippen LogP contribution in [0.3, 0.4) is 0 Å². The number of H-pyrrole nitrogens is 1. The molecule has 5 rings (SSSR count). The molecule has 7 atom stereocenters. The van der Waals surface area contributed by atoms with Gasteiger partial charge in [-0.1, -0.05) is 39.0 Å². The lowest BCUT2D eigenvalue weighted by molar-refractivity contribution is -0.119. The van der Waals surface area contributed by atoms with Crippen molar-refractivity contribution in [3.8, 4) is 6.07 Å². The van der Waals surface area contributed by atoms with E-state index in [2.05, 4.69) is 65.2 Å². The Morgan fingerprint density at radius 1 is 1.02 bits per heavy atom. The lowest BCUT2D eigenvalue weighted by atomic mass is 10.1. The highest BCUT2D eigenvalue weighted by Gasteiger charge is 2.44. The number of hydrogen-bond acceptors (Lipinski definition) is 14. The molecule has 0 radical (unpaired) electrons. The molecule has 3 N–H and O–H groups in total. The number of aromatic nitrogens is 4. The molecule has 0 saturated carbocycles. The van der Waals surface area contributed by atoms with Crippen LogP contribution in [0.25, 0.3) is 0 Å². The predicted octanol–water partition coefficient (Wildman–Crippen LogP) is 6.14. The molecule has 2 aromatic heterocycles. The third kappa shape index (κ3) is 13.5. The second-order valence-corrected chi connectivity index (χ2v) is 25.7. The van der Waals surface area contributed by atoms with E-state index < -0.39 is 76.5 Å². The van der Waals surface area contributed by atoms with E-state index in [4.69, 9.17) is 22.9 Å². The molecule has 4 heterocycles. The smallest absolute Gasteiger partial charge is 0.351 e. The van der Waals surface area contributed by atoms with Gasteiger partial charge in [-0.3, -0.25) is 28.5 Å². The van der Waals surface area contributed by atoms with Crippen LogP contribution >= 0.6 is 20.3 Å². The molecule has 0 bridgehead atoms. The Kier molecular flexibility index (Phi) is 18.1. The number of amides is 2. The number of hydrogen-bond donors (Lipinski definition) is 3. The van der Waals surface area contributed by atoms with Gasteiger partial charge < -0.3 is 33.6 Å². The molecule has 2 amide bonds. The number of aryl methyl sites for hydroxylation is 2. The minimum atomic E-state index is -2.25. The van der Waals surface area contributed by atoms with Gasteiger partial charge in [0.05, 0.1) is 49.7 Å². The van der Waals surface area contributed by atoms with Gasteiger partial charge in [0.25, 0.3) is 20.0 Å². The molecule has 0 aliphatic carbocycles. The Bertz CT molecular complexity index is 2320. The molecule has 2 aliphatic heterocycles. The summed E-state index contributed by atoms with van der Waals surface area (Å²) in [5.74, 6) is -0.166. The minimum absolute atomic E-state index is 0.0416. The van der Waals surface area contributed by atoms with E-state index in [1.54, 1.807) is 50.4 Å². The number of nitriles is 1. The number of nitrogens with zero attached hydrogens (tertiary/aromatic N) is 5. The van der Waals surface area contributed by atoms with Gasteiger partial charge in [0.15, 0.2) is 8.32 Å². The van der Waals surface area contributed by atoms with E-state index in [1.165, 1.54) is 27.1 Å². The van der Waals surface area contributed by atoms with Gasteiger partial charge in [0, 0.05) is 59.8 Å². The van der Waals surface area contributed by atoms with Crippen LogP contribution in [0.15, 0.2) is 57.1 Å². The Hall–Kier alpha value is -4.03. The molecule has 2 aliphatic rings. The third-order valence-electron chi connectivity index (χ3n) is 11.7. The molecule has 21 heteroatoms. The number of thioether (sulfide) groups is 1. The molecule has 0 spiro atoms. The number of carbonyl (C=O) groups is 2. The van der Waals surface area contributed by atoms with Crippen molar-refractivity contribution in [2.45, 2.75) is 149 Å². The SMILES string of the molecule is Cc1cn([C@H]2C[C@H](NC(=O)CSC[C@H]3O[C@@H](n4cc(C)c(=O)[nH]c4=O)C[C@@H]3OP(OCCC#N)N(C(C)C)C(C)C)[C@@H](CO[Si](C)(C)C(C)(C)C)O2)c(=O)nc1NC(=O)c1ccccc1. The average molecular weight is 957 g/mol. The van der Waals surface area contributed by atoms with E-state index in [1.807, 2.05) is 27.7 Å². The Morgan fingerprint density at radius 3 is 2.31 bits per heavy atom. The molecule has 356 valence electrons. The molecule has 18 nitrogen and oxygen atoms in total. The maximum atomic E-state index is 13.8. The van der Waals surface area contributed by atoms with Gasteiger partial charge in [-0.25, -0.2) is 14.3 Å². The fraction of sp³-hybridized carbons (Fsp3) is 0.614. The number of anilines is 1. The van der Waals surface area contributed by atoms with Crippen molar-refractivity contribution in [2.24, 2.45) is 0 Å². The zero-order valence-corrected chi connectivity index (χ0v) is 42.0. The van der Waals surface area contributed by atoms with E-state index in [9.17, 15) is 29.2 Å². The van der Waals surface area contributed by atoms with Gasteiger partial charge in [-0.05, 0) is 71.8 Å². The van der Waals surface area contributed by atoms with Crippen molar-refractivity contribution in [3.63, 3.8) is 0 Å². The number of benzene rings is 1. The van der Waals surface area contributed by atoms with Crippen molar-refractivity contribution >= 4 is 46.2 Å². The fourth-order valence-corrected chi connectivity index (χ4v) is 10.9. The van der Waals surface area contributed by atoms with Crippen LogP contribution in [0.5, 0.6) is 0 Å². The van der Waals surface area contributed by atoms with Crippen LogP contribution in [-0.2, 0) is 27.7 Å². The number of ether oxygens (including phenoxy) is 2. The van der Waals surface area contributed by atoms with E-state index >= 15 is 0 Å². The molecule has 1 unspecified atom stereocenters. The van der Waals surface area contributed by atoms with Gasteiger partial charge in [-0.2, -0.15) is 10.2 Å². The van der Waals surface area contributed by atoms with E-state index in [0.717, 1.165) is 0 Å². The number of aromatic amines is 1. The second-order valence-electron chi connectivity index (χ2n) is 18.4. The molecule has 2 fully saturated rings. The largest absolute Gasteiger partial charge is 0.414 e. The van der Waals surface area contributed by atoms with Crippen molar-refractivity contribution in [2.75, 3.05) is 30.0 Å². The van der Waals surface area contributed by atoms with Crippen molar-refractivity contribution in [3.05, 3.63) is 90.7 Å². The fourth-order valence-electron chi connectivity index (χ4n) is 7.24. The molecule has 2 saturated heterocycles. The quantitative estimate of drug-likeness (QED) is 0.0658. The van der Waals surface area contributed by atoms with Gasteiger partial charge >= 0.3 is 11.4 Å². The van der Waals surface area contributed by atoms with Crippen molar-refractivity contribution < 1.29 is 32.5 Å². The highest BCUT2D eigenvalue weighted by molar-refractivity contribution is 8.00. The second kappa shape index (κ2) is 22.6. The molecular weight excluding hydrogens is 892 g/mol. The van der Waals surface area contributed by atoms with Gasteiger partial charge in [-0.15, -0.1) is 11.8 Å². The zero-order chi connectivity index (χ0) is 47.8. The summed E-state index contributed by atoms with van der Waals surface area (Å²) in [5.41, 5.74) is -0.389. The van der Waals surface area contributed by atoms with E-state index in [0.29, 0.717) is 22.4 Å². The predicted molar refractivity (Wildman–Crippen MR) is 253 cm³/mol. The maximum Gasteiger partial charge on any atom is 0.351 e. The standard InChI is InChI=1S/C44H65N8O10PSSi/c1-27(2)52(28(3)4)63(58-19-15-18-45)62-33-21-38(51-23-30(6)40(54)49-43(51)57)61-35(33)25-64-26-36(53)46-32-20-37(60-34(32)24-59-65(10,11)44(7,8)9)50-22-29(5)39(48-42(50)56)47-41(55)31-16-13-12-14-17-31/h12-14,16-17,22-23,27-28,32-35,37-38H,15,19-21,24-26H2,1-11H3,(H,46,53)(H,49,54,57)(H,47,48,55,56)/t32-,33-,34+,35+,37+,38+,63?/m0/s1. The molecule has 1 aromatic carbocycles. The summed E-state index contributed by atoms with van der Waals surface area (Å²) >= 11 is 1.33. The first-order valence-corrected chi connectivity index (χ1v) is 27.1. The molecular formula is C44H65N8O10PSSi. The first kappa shape index (κ1) is 51.9. The maximum absolute atomic E-state index is 13.8. The number of nitrogens with one attached hydrogen (secondary N) is 3. The van der Waals surface area contributed by atoms with Crippen molar-refractivity contribution in [1.82, 2.24) is 29.1 Å². The van der Waals surface area contributed by atoms with Crippen LogP contribution in [-0.4, -0.2) is 105 Å². The summed E-state index contributed by atoms with van der Waals surface area (Å²) < 4.78 is 37.3. The van der Waals surface area contributed by atoms with Crippen LogP contribution in [0.1, 0.15) is 102 Å². The van der Waals surface area contributed by atoms with Gasteiger partial charge in [0.2, 0.25) is 5.91 Å². The Morgan fingerprint density at radius 2 is 1.66 bits per heavy atom. The minimum Gasteiger partial charge on any atom is -0.414 e. The van der Waals surface area contributed by atoms with Gasteiger partial charge in [0.1, 0.15) is 24.4 Å². The zero-order valence-electron chi connectivity index (χ0n) is 39.3. The molecule has 65 heavy (non-hydrogen) atoms. The average Bonchev–Trinajstić information content (AvgIpc) is 3.82. The Balaban J connectivity index is 1.32. The lowest BCUT2D eigenvalue weighted by Crippen LogP contribution is -2.47. The summed E-state index contributed by atoms with van der Waals surface area (Å²) in [5, 5.41) is 15.0. The number of carbonyl (C=O) groups excluding carboxylic acids is 2. The van der Waals surface area contributed by atoms with Crippen LogP contribution in [0.2, 0.25) is 18.1 Å². The highest BCUT2D eigenvalue weighted by Crippen LogP contribution is 2.50.